The Morgan fingerprint density at radius 3 is 2.70 bits per heavy atom. The standard InChI is InChI=1S/C14H22N2O3S/c1-10(2)13(14(18)19-3)16-9-12(17)15-7-6-11-5-4-8-20-11/h4-5,8,10,13,16H,6-7,9H2,1-3H3,(H,15,17). The Kier molecular flexibility index (Phi) is 7.25. The summed E-state index contributed by atoms with van der Waals surface area (Å²) >= 11 is 1.68. The molecule has 1 aromatic heterocycles. The molecule has 0 aliphatic carbocycles. The van der Waals surface area contributed by atoms with Gasteiger partial charge < -0.3 is 10.1 Å². The highest BCUT2D eigenvalue weighted by Crippen LogP contribution is 2.08. The molecule has 5 nitrogen and oxygen atoms in total. The van der Waals surface area contributed by atoms with Crippen molar-refractivity contribution >= 4 is 23.2 Å². The zero-order valence-corrected chi connectivity index (χ0v) is 13.0. The minimum Gasteiger partial charge on any atom is -0.468 e. The molecule has 1 rings (SSSR count). The van der Waals surface area contributed by atoms with E-state index < -0.39 is 6.04 Å². The molecule has 0 saturated heterocycles. The fraction of sp³-hybridized carbons (Fsp3) is 0.571. The molecule has 1 amide bonds. The van der Waals surface area contributed by atoms with Gasteiger partial charge in [0, 0.05) is 11.4 Å². The van der Waals surface area contributed by atoms with Crippen molar-refractivity contribution in [2.24, 2.45) is 5.92 Å². The fourth-order valence-electron chi connectivity index (χ4n) is 1.76. The summed E-state index contributed by atoms with van der Waals surface area (Å²) in [5.41, 5.74) is 0. The quantitative estimate of drug-likeness (QED) is 0.708. The number of esters is 1. The fourth-order valence-corrected chi connectivity index (χ4v) is 2.47. The topological polar surface area (TPSA) is 67.4 Å². The Labute approximate surface area is 123 Å². The molecular weight excluding hydrogens is 276 g/mol. The molecule has 0 bridgehead atoms. The predicted octanol–water partition coefficient (Wildman–Crippen LogP) is 1.19. The summed E-state index contributed by atoms with van der Waals surface area (Å²) in [6.45, 7) is 4.53. The van der Waals surface area contributed by atoms with Crippen LogP contribution in [0, 0.1) is 5.92 Å². The monoisotopic (exact) mass is 298 g/mol. The molecule has 0 aliphatic heterocycles. The van der Waals surface area contributed by atoms with Crippen molar-refractivity contribution < 1.29 is 14.3 Å². The lowest BCUT2D eigenvalue weighted by atomic mass is 10.0. The lowest BCUT2D eigenvalue weighted by Gasteiger charge is -2.19. The third-order valence-corrected chi connectivity index (χ3v) is 3.81. The molecular formula is C14H22N2O3S. The van der Waals surface area contributed by atoms with Crippen LogP contribution in [0.15, 0.2) is 17.5 Å². The summed E-state index contributed by atoms with van der Waals surface area (Å²) < 4.78 is 4.70. The van der Waals surface area contributed by atoms with Gasteiger partial charge in [0.05, 0.1) is 13.7 Å². The van der Waals surface area contributed by atoms with Crippen molar-refractivity contribution in [2.45, 2.75) is 26.3 Å². The van der Waals surface area contributed by atoms with E-state index in [9.17, 15) is 9.59 Å². The minimum atomic E-state index is -0.456. The summed E-state index contributed by atoms with van der Waals surface area (Å²) in [5, 5.41) is 7.77. The smallest absolute Gasteiger partial charge is 0.323 e. The van der Waals surface area contributed by atoms with Crippen molar-refractivity contribution in [1.82, 2.24) is 10.6 Å². The van der Waals surface area contributed by atoms with Crippen LogP contribution in [0.1, 0.15) is 18.7 Å². The second-order valence-electron chi connectivity index (χ2n) is 4.81. The Morgan fingerprint density at radius 1 is 1.40 bits per heavy atom. The highest BCUT2D eigenvalue weighted by molar-refractivity contribution is 7.09. The SMILES string of the molecule is COC(=O)C(NCC(=O)NCCc1cccs1)C(C)C. The summed E-state index contributed by atoms with van der Waals surface area (Å²) in [7, 11) is 1.35. The Balaban J connectivity index is 2.25. The second kappa shape index (κ2) is 8.71. The summed E-state index contributed by atoms with van der Waals surface area (Å²) in [6, 6.07) is 3.58. The van der Waals surface area contributed by atoms with Crippen molar-refractivity contribution in [3.05, 3.63) is 22.4 Å². The first-order valence-electron chi connectivity index (χ1n) is 6.65. The van der Waals surface area contributed by atoms with Crippen LogP contribution in [-0.4, -0.2) is 38.1 Å². The lowest BCUT2D eigenvalue weighted by Crippen LogP contribution is -2.46. The highest BCUT2D eigenvalue weighted by Gasteiger charge is 2.22. The zero-order valence-electron chi connectivity index (χ0n) is 12.1. The van der Waals surface area contributed by atoms with Crippen LogP contribution in [-0.2, 0) is 20.7 Å². The molecule has 1 heterocycles. The number of nitrogens with one attached hydrogen (secondary N) is 2. The molecule has 6 heteroatoms. The molecule has 1 atom stereocenters. The number of hydrogen-bond donors (Lipinski definition) is 2. The van der Waals surface area contributed by atoms with Gasteiger partial charge in [-0.1, -0.05) is 19.9 Å². The van der Waals surface area contributed by atoms with Crippen LogP contribution in [0.4, 0.5) is 0 Å². The maximum atomic E-state index is 11.7. The van der Waals surface area contributed by atoms with E-state index in [2.05, 4.69) is 10.6 Å². The first-order valence-corrected chi connectivity index (χ1v) is 7.53. The second-order valence-corrected chi connectivity index (χ2v) is 5.84. The molecule has 0 radical (unpaired) electrons. The first kappa shape index (κ1) is 16.7. The van der Waals surface area contributed by atoms with Crippen molar-refractivity contribution in [3.63, 3.8) is 0 Å². The van der Waals surface area contributed by atoms with Crippen molar-refractivity contribution in [3.8, 4) is 0 Å². The van der Waals surface area contributed by atoms with Gasteiger partial charge in [0.1, 0.15) is 6.04 Å². The molecule has 1 unspecified atom stereocenters. The van der Waals surface area contributed by atoms with Gasteiger partial charge in [-0.25, -0.2) is 0 Å². The average molecular weight is 298 g/mol. The van der Waals surface area contributed by atoms with Gasteiger partial charge >= 0.3 is 5.97 Å². The van der Waals surface area contributed by atoms with Crippen LogP contribution >= 0.6 is 11.3 Å². The highest BCUT2D eigenvalue weighted by atomic mass is 32.1. The van der Waals surface area contributed by atoms with E-state index in [0.29, 0.717) is 6.54 Å². The maximum absolute atomic E-state index is 11.7. The summed E-state index contributed by atoms with van der Waals surface area (Å²) in [4.78, 5) is 24.5. The van der Waals surface area contributed by atoms with E-state index in [-0.39, 0.29) is 24.3 Å². The Bertz CT molecular complexity index is 418. The van der Waals surface area contributed by atoms with Gasteiger partial charge in [0.2, 0.25) is 5.91 Å². The van der Waals surface area contributed by atoms with E-state index in [1.165, 1.54) is 12.0 Å². The molecule has 0 aliphatic rings. The molecule has 2 N–H and O–H groups in total. The van der Waals surface area contributed by atoms with Gasteiger partial charge in [0.15, 0.2) is 0 Å². The maximum Gasteiger partial charge on any atom is 0.323 e. The van der Waals surface area contributed by atoms with Crippen LogP contribution in [0.25, 0.3) is 0 Å². The van der Waals surface area contributed by atoms with Crippen molar-refractivity contribution in [1.29, 1.82) is 0 Å². The molecule has 0 aromatic carbocycles. The average Bonchev–Trinajstić information content (AvgIpc) is 2.91. The van der Waals surface area contributed by atoms with Gasteiger partial charge in [-0.2, -0.15) is 0 Å². The number of thiophene rings is 1. The Hall–Kier alpha value is -1.40. The molecule has 1 aromatic rings. The van der Waals surface area contributed by atoms with E-state index in [1.807, 2.05) is 31.4 Å². The number of ether oxygens (including phenoxy) is 1. The van der Waals surface area contributed by atoms with Crippen LogP contribution in [0.3, 0.4) is 0 Å². The minimum absolute atomic E-state index is 0.0707. The number of methoxy groups -OCH3 is 1. The molecule has 0 saturated carbocycles. The molecule has 0 fully saturated rings. The molecule has 0 spiro atoms. The number of carbonyl (C=O) groups is 2. The van der Waals surface area contributed by atoms with E-state index in [0.717, 1.165) is 6.42 Å². The Morgan fingerprint density at radius 2 is 2.15 bits per heavy atom. The normalized spacial score (nSPS) is 12.2. The number of hydrogen-bond acceptors (Lipinski definition) is 5. The van der Waals surface area contributed by atoms with E-state index in [4.69, 9.17) is 4.74 Å². The lowest BCUT2D eigenvalue weighted by molar-refractivity contribution is -0.144. The van der Waals surface area contributed by atoms with Crippen LogP contribution in [0.5, 0.6) is 0 Å². The third kappa shape index (κ3) is 5.71. The van der Waals surface area contributed by atoms with Gasteiger partial charge in [-0.3, -0.25) is 14.9 Å². The number of rotatable bonds is 8. The zero-order chi connectivity index (χ0) is 15.0. The third-order valence-electron chi connectivity index (χ3n) is 2.88. The summed E-state index contributed by atoms with van der Waals surface area (Å²) in [6.07, 6.45) is 0.827. The van der Waals surface area contributed by atoms with Crippen LogP contribution in [0.2, 0.25) is 0 Å². The van der Waals surface area contributed by atoms with Crippen LogP contribution < -0.4 is 10.6 Å². The van der Waals surface area contributed by atoms with E-state index in [1.54, 1.807) is 11.3 Å². The number of amides is 1. The van der Waals surface area contributed by atoms with Gasteiger partial charge in [0.25, 0.3) is 0 Å². The predicted molar refractivity (Wildman–Crippen MR) is 79.7 cm³/mol. The summed E-state index contributed by atoms with van der Waals surface area (Å²) in [5.74, 6) is -0.385. The molecule has 112 valence electrons. The first-order chi connectivity index (χ1) is 9.54. The van der Waals surface area contributed by atoms with Gasteiger partial charge in [-0.05, 0) is 23.8 Å². The number of carbonyl (C=O) groups excluding carboxylic acids is 2. The largest absolute Gasteiger partial charge is 0.468 e. The van der Waals surface area contributed by atoms with E-state index >= 15 is 0 Å². The van der Waals surface area contributed by atoms with Gasteiger partial charge in [-0.15, -0.1) is 11.3 Å². The molecule has 20 heavy (non-hydrogen) atoms. The van der Waals surface area contributed by atoms with Crippen molar-refractivity contribution in [2.75, 3.05) is 20.2 Å².